The number of benzene rings is 2. The zero-order valence-electron chi connectivity index (χ0n) is 28.1. The van der Waals surface area contributed by atoms with Gasteiger partial charge in [0.2, 0.25) is 0 Å². The van der Waals surface area contributed by atoms with Crippen LogP contribution in [-0.2, 0) is 37.3 Å². The molecule has 2 amide bonds. The Morgan fingerprint density at radius 2 is 1.35 bits per heavy atom. The second-order valence-corrected chi connectivity index (χ2v) is 12.1. The van der Waals surface area contributed by atoms with E-state index in [1.54, 1.807) is 37.7 Å². The first-order valence-corrected chi connectivity index (χ1v) is 16.0. The summed E-state index contributed by atoms with van der Waals surface area (Å²) in [6.45, 7) is 9.91. The quantitative estimate of drug-likeness (QED) is 0.209. The summed E-state index contributed by atoms with van der Waals surface area (Å²) in [5.41, 5.74) is 3.65. The summed E-state index contributed by atoms with van der Waals surface area (Å²) in [5, 5.41) is 1.96. The van der Waals surface area contributed by atoms with Gasteiger partial charge in [-0.25, -0.2) is 18.6 Å². The number of halogens is 2. The molecule has 0 radical (unpaired) electrons. The third kappa shape index (κ3) is 11.1. The van der Waals surface area contributed by atoms with Gasteiger partial charge < -0.3 is 37.9 Å². The van der Waals surface area contributed by atoms with Crippen LogP contribution in [0.1, 0.15) is 36.8 Å². The van der Waals surface area contributed by atoms with Gasteiger partial charge in [-0.15, -0.1) is 0 Å². The molecule has 1 fully saturated rings. The molecule has 0 spiro atoms. The monoisotopic (exact) mass is 676 g/mol. The van der Waals surface area contributed by atoms with Crippen molar-refractivity contribution in [2.75, 3.05) is 79.0 Å². The maximum Gasteiger partial charge on any atom is 0.422 e. The molecule has 1 aliphatic rings. The summed E-state index contributed by atoms with van der Waals surface area (Å²) in [6.07, 6.45) is -0.574. The SMILES string of the molecule is Cn1c(C(=O)N2CCN(NC(=O)OC(C)(C)C)CC2)c(OCCOCCOCCOCCOCc2ccccc2)c2cc(F)c(F)cc21. The number of hydrogen-bond donors (Lipinski definition) is 1. The van der Waals surface area contributed by atoms with E-state index in [-0.39, 0.29) is 36.0 Å². The molecule has 2 heterocycles. The van der Waals surface area contributed by atoms with Crippen LogP contribution >= 0.6 is 0 Å². The lowest BCUT2D eigenvalue weighted by Gasteiger charge is -2.35. The number of amides is 2. The second-order valence-electron chi connectivity index (χ2n) is 12.1. The zero-order chi connectivity index (χ0) is 34.5. The summed E-state index contributed by atoms with van der Waals surface area (Å²) >= 11 is 0. The maximum absolute atomic E-state index is 14.3. The van der Waals surface area contributed by atoms with E-state index in [1.165, 1.54) is 4.57 Å². The first-order chi connectivity index (χ1) is 23.0. The van der Waals surface area contributed by atoms with Gasteiger partial charge in [0, 0.05) is 44.7 Å². The topological polar surface area (TPSA) is 113 Å². The van der Waals surface area contributed by atoms with Crippen LogP contribution in [0.15, 0.2) is 42.5 Å². The average Bonchev–Trinajstić information content (AvgIpc) is 3.30. The van der Waals surface area contributed by atoms with Crippen LogP contribution in [0.5, 0.6) is 5.75 Å². The number of hydrogen-bond acceptors (Lipinski definition) is 9. The van der Waals surface area contributed by atoms with Crippen LogP contribution < -0.4 is 10.2 Å². The Bertz CT molecular complexity index is 1470. The molecule has 4 rings (SSSR count). The van der Waals surface area contributed by atoms with E-state index in [0.29, 0.717) is 77.9 Å². The number of carbonyl (C=O) groups excluding carboxylic acids is 2. The Morgan fingerprint density at radius 1 is 0.792 bits per heavy atom. The minimum atomic E-state index is -1.05. The highest BCUT2D eigenvalue weighted by molar-refractivity contribution is 6.04. The van der Waals surface area contributed by atoms with Gasteiger partial charge in [0.1, 0.15) is 12.2 Å². The Hall–Kier alpha value is -3.82. The first kappa shape index (κ1) is 37.0. The van der Waals surface area contributed by atoms with Crippen molar-refractivity contribution in [3.8, 4) is 5.75 Å². The number of ether oxygens (including phenoxy) is 6. The van der Waals surface area contributed by atoms with Crippen LogP contribution in [0.25, 0.3) is 10.9 Å². The number of nitrogens with one attached hydrogen (secondary N) is 1. The molecule has 48 heavy (non-hydrogen) atoms. The van der Waals surface area contributed by atoms with E-state index in [1.807, 2.05) is 30.3 Å². The first-order valence-electron chi connectivity index (χ1n) is 16.0. The maximum atomic E-state index is 14.3. The minimum absolute atomic E-state index is 0.0675. The molecule has 264 valence electrons. The normalized spacial score (nSPS) is 14.0. The fourth-order valence-electron chi connectivity index (χ4n) is 5.01. The van der Waals surface area contributed by atoms with Gasteiger partial charge in [0.05, 0.1) is 58.4 Å². The molecule has 0 atom stereocenters. The number of piperazine rings is 1. The van der Waals surface area contributed by atoms with E-state index < -0.39 is 23.3 Å². The fourth-order valence-corrected chi connectivity index (χ4v) is 5.01. The van der Waals surface area contributed by atoms with Crippen LogP contribution in [0.2, 0.25) is 0 Å². The lowest BCUT2D eigenvalue weighted by atomic mass is 10.2. The van der Waals surface area contributed by atoms with Gasteiger partial charge in [-0.3, -0.25) is 10.2 Å². The van der Waals surface area contributed by atoms with E-state index in [4.69, 9.17) is 28.4 Å². The van der Waals surface area contributed by atoms with Gasteiger partial charge in [0.25, 0.3) is 5.91 Å². The number of hydrazine groups is 1. The molecule has 1 aromatic heterocycles. The van der Waals surface area contributed by atoms with Crippen molar-refractivity contribution < 1.29 is 46.8 Å². The van der Waals surface area contributed by atoms with E-state index in [0.717, 1.165) is 17.7 Å². The summed E-state index contributed by atoms with van der Waals surface area (Å²) < 4.78 is 63.5. The number of nitrogens with zero attached hydrogens (tertiary/aromatic N) is 3. The number of rotatable bonds is 17. The van der Waals surface area contributed by atoms with E-state index in [9.17, 15) is 18.4 Å². The summed E-state index contributed by atoms with van der Waals surface area (Å²) in [6, 6.07) is 12.0. The summed E-state index contributed by atoms with van der Waals surface area (Å²) in [4.78, 5) is 27.5. The predicted molar refractivity (Wildman–Crippen MR) is 174 cm³/mol. The Labute approximate surface area is 279 Å². The minimum Gasteiger partial charge on any atom is -0.488 e. The van der Waals surface area contributed by atoms with Crippen molar-refractivity contribution >= 4 is 22.9 Å². The molecule has 12 nitrogen and oxygen atoms in total. The van der Waals surface area contributed by atoms with Gasteiger partial charge in [-0.05, 0) is 32.4 Å². The molecule has 0 aliphatic carbocycles. The lowest BCUT2D eigenvalue weighted by Crippen LogP contribution is -2.55. The Kier molecular flexibility index (Phi) is 13.9. The van der Waals surface area contributed by atoms with Gasteiger partial charge in [-0.1, -0.05) is 30.3 Å². The second kappa shape index (κ2) is 18.1. The number of aryl methyl sites for hydroxylation is 1. The summed E-state index contributed by atoms with van der Waals surface area (Å²) in [5.74, 6) is -2.28. The Morgan fingerprint density at radius 3 is 1.96 bits per heavy atom. The zero-order valence-corrected chi connectivity index (χ0v) is 28.1. The standard InChI is InChI=1S/C34H46F2N4O8/c1-34(2,3)48-33(42)37-40-12-10-39(11-13-40)32(41)30-31(26-22-27(35)28(36)23-29(26)38(30)4)47-21-20-45-17-16-43-14-15-44-18-19-46-24-25-8-6-5-7-9-25/h5-9,22-23H,10-21,24H2,1-4H3,(H,37,42). The van der Waals surface area contributed by atoms with E-state index in [2.05, 4.69) is 5.43 Å². The molecule has 0 saturated carbocycles. The Balaban J connectivity index is 1.19. The van der Waals surface area contributed by atoms with Crippen LogP contribution in [0, 0.1) is 11.6 Å². The molecule has 1 N–H and O–H groups in total. The van der Waals surface area contributed by atoms with E-state index >= 15 is 0 Å². The molecular weight excluding hydrogens is 630 g/mol. The number of aromatic nitrogens is 1. The molecule has 0 bridgehead atoms. The van der Waals surface area contributed by atoms with Crippen LogP contribution in [0.3, 0.4) is 0 Å². The molecule has 3 aromatic rings. The largest absolute Gasteiger partial charge is 0.488 e. The lowest BCUT2D eigenvalue weighted by molar-refractivity contribution is -0.00660. The third-order valence-corrected chi connectivity index (χ3v) is 7.31. The van der Waals surface area contributed by atoms with Gasteiger partial charge in [0.15, 0.2) is 23.1 Å². The third-order valence-electron chi connectivity index (χ3n) is 7.31. The molecule has 1 aliphatic heterocycles. The molecule has 1 saturated heterocycles. The van der Waals surface area contributed by atoms with Crippen molar-refractivity contribution in [3.63, 3.8) is 0 Å². The van der Waals surface area contributed by atoms with Gasteiger partial charge >= 0.3 is 6.09 Å². The van der Waals surface area contributed by atoms with Crippen molar-refractivity contribution in [1.29, 1.82) is 0 Å². The van der Waals surface area contributed by atoms with Crippen molar-refractivity contribution in [2.24, 2.45) is 7.05 Å². The highest BCUT2D eigenvalue weighted by atomic mass is 19.2. The van der Waals surface area contributed by atoms with Crippen molar-refractivity contribution in [3.05, 3.63) is 65.4 Å². The summed E-state index contributed by atoms with van der Waals surface area (Å²) in [7, 11) is 1.61. The van der Waals surface area contributed by atoms with Crippen molar-refractivity contribution in [2.45, 2.75) is 33.0 Å². The highest BCUT2D eigenvalue weighted by Crippen LogP contribution is 2.35. The molecule has 0 unspecified atom stereocenters. The molecule has 14 heteroatoms. The van der Waals surface area contributed by atoms with Gasteiger partial charge in [-0.2, -0.15) is 0 Å². The average molecular weight is 677 g/mol. The highest BCUT2D eigenvalue weighted by Gasteiger charge is 2.30. The number of fused-ring (bicyclic) bond motifs is 1. The molecule has 2 aromatic carbocycles. The predicted octanol–water partition coefficient (Wildman–Crippen LogP) is 4.30. The number of carbonyl (C=O) groups is 2. The van der Waals surface area contributed by atoms with Crippen molar-refractivity contribution in [1.82, 2.24) is 19.9 Å². The van der Waals surface area contributed by atoms with Crippen LogP contribution in [0.4, 0.5) is 13.6 Å². The fraction of sp³-hybridized carbons (Fsp3) is 0.529. The van der Waals surface area contributed by atoms with Crippen LogP contribution in [-0.4, -0.2) is 111 Å². The molecular formula is C34H46F2N4O8. The smallest absolute Gasteiger partial charge is 0.422 e.